The SMILES string of the molecule is COCCN(CCC#N)c1ccc([N+](=O)[O-])cc1I. The third-order valence-corrected chi connectivity index (χ3v) is 3.41. The Balaban J connectivity index is 2.94. The summed E-state index contributed by atoms with van der Waals surface area (Å²) in [5.74, 6) is 0. The summed E-state index contributed by atoms with van der Waals surface area (Å²) in [6.07, 6.45) is 0.400. The Morgan fingerprint density at radius 1 is 1.53 bits per heavy atom. The molecule has 0 saturated heterocycles. The Morgan fingerprint density at radius 3 is 2.79 bits per heavy atom. The van der Waals surface area contributed by atoms with Gasteiger partial charge in [-0.05, 0) is 28.7 Å². The molecule has 1 rings (SSSR count). The van der Waals surface area contributed by atoms with Crippen LogP contribution in [0.5, 0.6) is 0 Å². The summed E-state index contributed by atoms with van der Waals surface area (Å²) in [5.41, 5.74) is 0.957. The molecule has 0 atom stereocenters. The summed E-state index contributed by atoms with van der Waals surface area (Å²) >= 11 is 2.07. The number of nitro groups is 1. The van der Waals surface area contributed by atoms with Crippen LogP contribution in [0.3, 0.4) is 0 Å². The minimum atomic E-state index is -0.416. The molecule has 0 aliphatic rings. The number of nitrogens with zero attached hydrogens (tertiary/aromatic N) is 3. The number of ether oxygens (including phenoxy) is 1. The van der Waals surface area contributed by atoms with Crippen molar-refractivity contribution in [2.24, 2.45) is 0 Å². The minimum absolute atomic E-state index is 0.0696. The molecule has 0 spiro atoms. The van der Waals surface area contributed by atoms with Crippen LogP contribution in [0.2, 0.25) is 0 Å². The highest BCUT2D eigenvalue weighted by Crippen LogP contribution is 2.27. The highest BCUT2D eigenvalue weighted by molar-refractivity contribution is 14.1. The lowest BCUT2D eigenvalue weighted by Crippen LogP contribution is -2.28. The van der Waals surface area contributed by atoms with Gasteiger partial charge < -0.3 is 9.64 Å². The fourth-order valence-electron chi connectivity index (χ4n) is 1.60. The molecule has 0 fully saturated rings. The number of methoxy groups -OCH3 is 1. The van der Waals surface area contributed by atoms with Gasteiger partial charge in [0.25, 0.3) is 5.69 Å². The van der Waals surface area contributed by atoms with Crippen LogP contribution in [0.4, 0.5) is 11.4 Å². The van der Waals surface area contributed by atoms with Gasteiger partial charge in [-0.15, -0.1) is 0 Å². The van der Waals surface area contributed by atoms with E-state index in [4.69, 9.17) is 10.00 Å². The van der Waals surface area contributed by atoms with Crippen LogP contribution in [-0.4, -0.2) is 31.7 Å². The highest BCUT2D eigenvalue weighted by Gasteiger charge is 2.14. The van der Waals surface area contributed by atoms with E-state index in [1.165, 1.54) is 12.1 Å². The lowest BCUT2D eigenvalue weighted by molar-refractivity contribution is -0.384. The van der Waals surface area contributed by atoms with E-state index in [0.717, 1.165) is 9.26 Å². The van der Waals surface area contributed by atoms with Crippen molar-refractivity contribution >= 4 is 34.0 Å². The van der Waals surface area contributed by atoms with Crippen LogP contribution in [0.1, 0.15) is 6.42 Å². The Kier molecular flexibility index (Phi) is 6.52. The number of anilines is 1. The van der Waals surface area contributed by atoms with E-state index in [2.05, 4.69) is 28.7 Å². The number of benzene rings is 1. The largest absolute Gasteiger partial charge is 0.383 e. The van der Waals surface area contributed by atoms with Crippen LogP contribution >= 0.6 is 22.6 Å². The van der Waals surface area contributed by atoms with Gasteiger partial charge in [-0.2, -0.15) is 5.26 Å². The average molecular weight is 375 g/mol. The number of hydrogen-bond acceptors (Lipinski definition) is 5. The quantitative estimate of drug-likeness (QED) is 0.416. The number of nitro benzene ring substituents is 1. The van der Waals surface area contributed by atoms with E-state index >= 15 is 0 Å². The zero-order chi connectivity index (χ0) is 14.3. The smallest absolute Gasteiger partial charge is 0.270 e. The molecule has 0 N–H and O–H groups in total. The maximum absolute atomic E-state index is 10.7. The van der Waals surface area contributed by atoms with Crippen molar-refractivity contribution in [2.45, 2.75) is 6.42 Å². The molecule has 7 heteroatoms. The van der Waals surface area contributed by atoms with Crippen molar-refractivity contribution in [1.82, 2.24) is 0 Å². The van der Waals surface area contributed by atoms with E-state index < -0.39 is 4.92 Å². The van der Waals surface area contributed by atoms with E-state index in [9.17, 15) is 10.1 Å². The third kappa shape index (κ3) is 4.65. The van der Waals surface area contributed by atoms with E-state index in [1.54, 1.807) is 13.2 Å². The number of rotatable bonds is 7. The second-order valence-corrected chi connectivity index (χ2v) is 4.94. The van der Waals surface area contributed by atoms with E-state index in [-0.39, 0.29) is 5.69 Å². The summed E-state index contributed by atoms with van der Waals surface area (Å²) in [6.45, 7) is 1.76. The van der Waals surface area contributed by atoms with Gasteiger partial charge in [-0.3, -0.25) is 10.1 Å². The monoisotopic (exact) mass is 375 g/mol. The summed E-state index contributed by atoms with van der Waals surface area (Å²) in [5, 5.41) is 19.4. The van der Waals surface area contributed by atoms with Crippen LogP contribution in [0.15, 0.2) is 18.2 Å². The molecule has 0 bridgehead atoms. The highest BCUT2D eigenvalue weighted by atomic mass is 127. The maximum atomic E-state index is 10.7. The summed E-state index contributed by atoms with van der Waals surface area (Å²) in [6, 6.07) is 6.82. The van der Waals surface area contributed by atoms with Crippen LogP contribution < -0.4 is 4.90 Å². The van der Waals surface area contributed by atoms with Gasteiger partial charge in [-0.1, -0.05) is 0 Å². The molecule has 102 valence electrons. The van der Waals surface area contributed by atoms with Gasteiger partial charge in [0.2, 0.25) is 0 Å². The first-order valence-corrected chi connectivity index (χ1v) is 6.72. The molecule has 1 aromatic carbocycles. The number of nitriles is 1. The zero-order valence-electron chi connectivity index (χ0n) is 10.5. The van der Waals surface area contributed by atoms with Crippen LogP contribution in [0, 0.1) is 25.0 Å². The van der Waals surface area contributed by atoms with Gasteiger partial charge in [0, 0.05) is 35.9 Å². The Bertz CT molecular complexity index is 488. The van der Waals surface area contributed by atoms with Crippen LogP contribution in [-0.2, 0) is 4.74 Å². The molecular weight excluding hydrogens is 361 g/mol. The first-order valence-electron chi connectivity index (χ1n) is 5.65. The Morgan fingerprint density at radius 2 is 2.26 bits per heavy atom. The van der Waals surface area contributed by atoms with Gasteiger partial charge in [0.1, 0.15) is 0 Å². The van der Waals surface area contributed by atoms with Crippen molar-refractivity contribution in [2.75, 3.05) is 31.7 Å². The van der Waals surface area contributed by atoms with Gasteiger partial charge >= 0.3 is 0 Å². The lowest BCUT2D eigenvalue weighted by Gasteiger charge is -2.24. The predicted molar refractivity (Wildman–Crippen MR) is 80.1 cm³/mol. The lowest BCUT2D eigenvalue weighted by atomic mass is 10.2. The second kappa shape index (κ2) is 7.91. The standard InChI is InChI=1S/C12H14IN3O3/c1-19-8-7-15(6-2-5-14)12-4-3-10(16(17)18)9-11(12)13/h3-4,9H,2,6-8H2,1H3. The van der Waals surface area contributed by atoms with Gasteiger partial charge in [-0.25, -0.2) is 0 Å². The van der Waals surface area contributed by atoms with Crippen molar-refractivity contribution in [1.29, 1.82) is 5.26 Å². The molecule has 19 heavy (non-hydrogen) atoms. The first kappa shape index (κ1) is 15.7. The van der Waals surface area contributed by atoms with Crippen molar-refractivity contribution in [3.63, 3.8) is 0 Å². The second-order valence-electron chi connectivity index (χ2n) is 3.78. The molecule has 1 aromatic rings. The fraction of sp³-hybridized carbons (Fsp3) is 0.417. The zero-order valence-corrected chi connectivity index (χ0v) is 12.7. The molecular formula is C12H14IN3O3. The van der Waals surface area contributed by atoms with Gasteiger partial charge in [0.15, 0.2) is 0 Å². The molecule has 0 heterocycles. The molecule has 6 nitrogen and oxygen atoms in total. The molecule has 0 saturated carbocycles. The molecule has 0 unspecified atom stereocenters. The van der Waals surface area contributed by atoms with E-state index in [1.807, 2.05) is 4.90 Å². The van der Waals surface area contributed by atoms with Crippen LogP contribution in [0.25, 0.3) is 0 Å². The molecule has 0 aliphatic heterocycles. The first-order chi connectivity index (χ1) is 9.10. The molecule has 0 radical (unpaired) electrons. The normalized spacial score (nSPS) is 9.95. The topological polar surface area (TPSA) is 79.4 Å². The molecule has 0 aromatic heterocycles. The molecule has 0 aliphatic carbocycles. The minimum Gasteiger partial charge on any atom is -0.383 e. The van der Waals surface area contributed by atoms with Crippen molar-refractivity contribution in [3.05, 3.63) is 31.9 Å². The summed E-state index contributed by atoms with van der Waals surface area (Å²) in [7, 11) is 1.61. The average Bonchev–Trinajstić information content (AvgIpc) is 2.39. The Hall–Kier alpha value is -1.40. The Labute approximate surface area is 125 Å². The van der Waals surface area contributed by atoms with E-state index in [0.29, 0.717) is 26.1 Å². The third-order valence-electron chi connectivity index (χ3n) is 2.54. The number of halogens is 1. The summed E-state index contributed by atoms with van der Waals surface area (Å²) in [4.78, 5) is 12.3. The number of non-ortho nitro benzene ring substituents is 1. The van der Waals surface area contributed by atoms with Crippen molar-refractivity contribution < 1.29 is 9.66 Å². The number of hydrogen-bond donors (Lipinski definition) is 0. The summed E-state index contributed by atoms with van der Waals surface area (Å²) < 4.78 is 5.83. The predicted octanol–water partition coefficient (Wildman–Crippen LogP) is 2.57. The fourth-order valence-corrected chi connectivity index (χ4v) is 2.44. The molecule has 0 amide bonds. The van der Waals surface area contributed by atoms with Crippen molar-refractivity contribution in [3.8, 4) is 6.07 Å². The maximum Gasteiger partial charge on any atom is 0.270 e. The van der Waals surface area contributed by atoms with Gasteiger partial charge in [0.05, 0.1) is 29.7 Å².